The van der Waals surface area contributed by atoms with E-state index in [1.165, 1.54) is 43.4 Å². The fourth-order valence-corrected chi connectivity index (χ4v) is 8.61. The van der Waals surface area contributed by atoms with Crippen LogP contribution >= 0.6 is 38.6 Å². The maximum Gasteiger partial charge on any atom is 0.164 e. The summed E-state index contributed by atoms with van der Waals surface area (Å²) in [5.41, 5.74) is 7.76. The monoisotopic (exact) mass is 672 g/mol. The molecule has 0 saturated heterocycles. The van der Waals surface area contributed by atoms with Crippen LogP contribution in [0.2, 0.25) is 0 Å². The van der Waals surface area contributed by atoms with E-state index in [4.69, 9.17) is 9.47 Å². The number of hydrogen-bond acceptors (Lipinski definition) is 8. The van der Waals surface area contributed by atoms with Crippen LogP contribution < -0.4 is 0 Å². The van der Waals surface area contributed by atoms with Gasteiger partial charge in [-0.25, -0.2) is 0 Å². The number of ether oxygens (including phenoxy) is 2. The lowest BCUT2D eigenvalue weighted by molar-refractivity contribution is 0.104. The molecule has 0 fully saturated rings. The average Bonchev–Trinajstić information content (AvgIpc) is 3.70. The molecule has 0 radical (unpaired) electrons. The number of nitrogens with zero attached hydrogens (tertiary/aromatic N) is 6. The molecule has 2 aliphatic heterocycles. The number of hydrogen-bond donors (Lipinski definition) is 0. The molecule has 218 valence electrons. The summed E-state index contributed by atoms with van der Waals surface area (Å²) < 4.78 is 17.0. The van der Waals surface area contributed by atoms with Crippen LogP contribution in [-0.2, 0) is 48.7 Å². The molecule has 6 heterocycles. The lowest BCUT2D eigenvalue weighted by Gasteiger charge is -2.06. The Bertz CT molecular complexity index is 1880. The first-order valence-corrected chi connectivity index (χ1v) is 16.5. The Morgan fingerprint density at radius 3 is 1.88 bits per heavy atom. The number of halogens is 1. The van der Waals surface area contributed by atoms with Crippen molar-refractivity contribution in [2.45, 2.75) is 53.1 Å². The van der Waals surface area contributed by atoms with E-state index < -0.39 is 0 Å². The molecule has 2 aromatic carbocycles. The van der Waals surface area contributed by atoms with Gasteiger partial charge >= 0.3 is 0 Å². The highest BCUT2D eigenvalue weighted by Gasteiger charge is 2.25. The SMILES string of the molecule is Cc1nnc2n1-c1sc(Br)c(Cc3ccccc3)c1COC2.Cc1nnc2n1-c1scc(Cc3ccccc3)c1COC2. The predicted octanol–water partition coefficient (Wildman–Crippen LogP) is 7.28. The van der Waals surface area contributed by atoms with Gasteiger partial charge in [-0.2, -0.15) is 0 Å². The van der Waals surface area contributed by atoms with E-state index in [0.717, 1.165) is 39.9 Å². The number of aryl methyl sites for hydroxylation is 2. The summed E-state index contributed by atoms with van der Waals surface area (Å²) in [7, 11) is 0. The normalized spacial score (nSPS) is 13.6. The van der Waals surface area contributed by atoms with E-state index in [0.29, 0.717) is 26.4 Å². The van der Waals surface area contributed by atoms with Gasteiger partial charge in [-0.05, 0) is 70.3 Å². The highest BCUT2D eigenvalue weighted by Crippen LogP contribution is 2.40. The summed E-state index contributed by atoms with van der Waals surface area (Å²) in [5.74, 6) is 3.59. The minimum absolute atomic E-state index is 0.505. The smallest absolute Gasteiger partial charge is 0.164 e. The Labute approximate surface area is 266 Å². The molecule has 0 N–H and O–H groups in total. The summed E-state index contributed by atoms with van der Waals surface area (Å²) >= 11 is 7.21. The van der Waals surface area contributed by atoms with E-state index in [1.807, 2.05) is 26.0 Å². The number of benzene rings is 2. The van der Waals surface area contributed by atoms with Crippen molar-refractivity contribution in [3.63, 3.8) is 0 Å². The fourth-order valence-electron chi connectivity index (χ4n) is 5.49. The first kappa shape index (κ1) is 28.3. The second-order valence-electron chi connectivity index (χ2n) is 10.5. The van der Waals surface area contributed by atoms with Crippen molar-refractivity contribution in [1.82, 2.24) is 29.5 Å². The van der Waals surface area contributed by atoms with Crippen LogP contribution in [0, 0.1) is 13.8 Å². The Kier molecular flexibility index (Phi) is 8.07. The molecule has 0 bridgehead atoms. The molecule has 11 heteroatoms. The summed E-state index contributed by atoms with van der Waals surface area (Å²) in [6.45, 7) is 6.25. The van der Waals surface area contributed by atoms with Gasteiger partial charge in [0.25, 0.3) is 0 Å². The molecule has 8 rings (SSSR count). The number of rotatable bonds is 4. The lowest BCUT2D eigenvalue weighted by Crippen LogP contribution is -2.00. The number of fused-ring (bicyclic) bond motifs is 6. The van der Waals surface area contributed by atoms with E-state index >= 15 is 0 Å². The van der Waals surface area contributed by atoms with Gasteiger partial charge < -0.3 is 9.47 Å². The third-order valence-electron chi connectivity index (χ3n) is 7.61. The Morgan fingerprint density at radius 1 is 0.698 bits per heavy atom. The quantitative estimate of drug-likeness (QED) is 0.196. The minimum atomic E-state index is 0.505. The van der Waals surface area contributed by atoms with E-state index in [-0.39, 0.29) is 0 Å². The number of thiophene rings is 2. The van der Waals surface area contributed by atoms with Gasteiger partial charge in [0.2, 0.25) is 0 Å². The van der Waals surface area contributed by atoms with Crippen molar-refractivity contribution in [2.24, 2.45) is 0 Å². The summed E-state index contributed by atoms with van der Waals surface area (Å²) in [6, 6.07) is 21.1. The van der Waals surface area contributed by atoms with Crippen LogP contribution in [0.1, 0.15) is 56.7 Å². The van der Waals surface area contributed by atoms with Crippen LogP contribution in [0.4, 0.5) is 0 Å². The zero-order chi connectivity index (χ0) is 29.3. The third kappa shape index (κ3) is 5.63. The first-order valence-electron chi connectivity index (χ1n) is 14.0. The molecular formula is C32H29BrN6O2S2. The maximum atomic E-state index is 5.81. The lowest BCUT2D eigenvalue weighted by atomic mass is 10.0. The molecule has 0 saturated carbocycles. The summed E-state index contributed by atoms with van der Waals surface area (Å²) in [5, 5.41) is 21.4. The van der Waals surface area contributed by atoms with Crippen LogP contribution in [0.3, 0.4) is 0 Å². The Hall–Kier alpha value is -3.48. The molecule has 0 amide bonds. The summed E-state index contributed by atoms with van der Waals surface area (Å²) in [4.78, 5) is 0. The molecule has 4 aromatic heterocycles. The van der Waals surface area contributed by atoms with E-state index in [9.17, 15) is 0 Å². The molecule has 6 aromatic rings. The molecule has 8 nitrogen and oxygen atoms in total. The van der Waals surface area contributed by atoms with Gasteiger partial charge in [-0.15, -0.1) is 43.1 Å². The first-order chi connectivity index (χ1) is 21.1. The highest BCUT2D eigenvalue weighted by molar-refractivity contribution is 9.11. The van der Waals surface area contributed by atoms with Crippen LogP contribution in [0.15, 0.2) is 69.8 Å². The van der Waals surface area contributed by atoms with Gasteiger partial charge in [0.15, 0.2) is 11.6 Å². The molecular weight excluding hydrogens is 644 g/mol. The van der Waals surface area contributed by atoms with E-state index in [1.54, 1.807) is 22.7 Å². The van der Waals surface area contributed by atoms with Crippen molar-refractivity contribution in [3.05, 3.63) is 127 Å². The largest absolute Gasteiger partial charge is 0.369 e. The fraction of sp³-hybridized carbons (Fsp3) is 0.250. The van der Waals surface area contributed by atoms with Gasteiger partial charge in [-0.3, -0.25) is 9.13 Å². The van der Waals surface area contributed by atoms with Crippen molar-refractivity contribution >= 4 is 38.6 Å². The Morgan fingerprint density at radius 2 is 1.26 bits per heavy atom. The molecule has 0 aliphatic carbocycles. The van der Waals surface area contributed by atoms with Crippen LogP contribution in [0.5, 0.6) is 0 Å². The molecule has 0 spiro atoms. The predicted molar refractivity (Wildman–Crippen MR) is 171 cm³/mol. The Balaban J connectivity index is 0.000000140. The second kappa shape index (κ2) is 12.3. The van der Waals surface area contributed by atoms with Crippen molar-refractivity contribution < 1.29 is 9.47 Å². The van der Waals surface area contributed by atoms with E-state index in [2.05, 4.69) is 99.4 Å². The third-order valence-corrected chi connectivity index (χ3v) is 10.7. The average molecular weight is 674 g/mol. The zero-order valence-electron chi connectivity index (χ0n) is 23.8. The van der Waals surface area contributed by atoms with Crippen LogP contribution in [-0.4, -0.2) is 29.5 Å². The second-order valence-corrected chi connectivity index (χ2v) is 13.7. The van der Waals surface area contributed by atoms with Crippen molar-refractivity contribution in [3.8, 4) is 10.0 Å². The number of aromatic nitrogens is 6. The maximum absolute atomic E-state index is 5.81. The molecule has 0 atom stereocenters. The topological polar surface area (TPSA) is 79.9 Å². The van der Waals surface area contributed by atoms with Gasteiger partial charge in [0.1, 0.15) is 34.9 Å². The van der Waals surface area contributed by atoms with Crippen molar-refractivity contribution in [2.75, 3.05) is 0 Å². The molecule has 0 unspecified atom stereocenters. The molecule has 2 aliphatic rings. The van der Waals surface area contributed by atoms with Gasteiger partial charge in [0.05, 0.1) is 17.0 Å². The van der Waals surface area contributed by atoms with Crippen LogP contribution in [0.25, 0.3) is 10.0 Å². The summed E-state index contributed by atoms with van der Waals surface area (Å²) in [6.07, 6.45) is 1.83. The van der Waals surface area contributed by atoms with Gasteiger partial charge in [-0.1, -0.05) is 60.7 Å². The highest BCUT2D eigenvalue weighted by atomic mass is 79.9. The van der Waals surface area contributed by atoms with Crippen molar-refractivity contribution in [1.29, 1.82) is 0 Å². The standard InChI is InChI=1S/C16H14BrN3OS.C16H15N3OS/c1-10-18-19-14-9-21-8-13-12(7-11-5-3-2-4-6-11)15(17)22-16(13)20(10)14;1-11-17-18-15-9-20-8-14-13(10-21-16(14)19(11)15)7-12-5-3-2-4-6-12/h2-6H,7-9H2,1H3;2-6,10H,7-9H2,1H3. The van der Waals surface area contributed by atoms with Gasteiger partial charge in [0, 0.05) is 11.1 Å². The zero-order valence-corrected chi connectivity index (χ0v) is 27.0. The minimum Gasteiger partial charge on any atom is -0.369 e. The molecule has 43 heavy (non-hydrogen) atoms.